The molecule has 2 rings (SSSR count). The van der Waals surface area contributed by atoms with Crippen molar-refractivity contribution in [2.75, 3.05) is 16.8 Å². The number of aryl methyl sites for hydroxylation is 2. The number of hydrogen-bond donors (Lipinski definition) is 2. The molecule has 0 saturated carbocycles. The van der Waals surface area contributed by atoms with Crippen LogP contribution in [0.5, 0.6) is 0 Å². The summed E-state index contributed by atoms with van der Waals surface area (Å²) < 4.78 is 5.43. The van der Waals surface area contributed by atoms with Crippen LogP contribution >= 0.6 is 11.8 Å². The molecule has 5 nitrogen and oxygen atoms in total. The predicted octanol–water partition coefficient (Wildman–Crippen LogP) is 2.99. The Balaban J connectivity index is 1.76. The molecule has 3 N–H and O–H groups in total. The molecule has 20 heavy (non-hydrogen) atoms. The monoisotopic (exact) mass is 291 g/mol. The Labute approximate surface area is 122 Å². The topological polar surface area (TPSA) is 81.2 Å². The number of carbonyl (C=O) groups excluding carboxylic acids is 1. The summed E-state index contributed by atoms with van der Waals surface area (Å²) in [6.07, 6.45) is 0.398. The van der Waals surface area contributed by atoms with Gasteiger partial charge in [0.25, 0.3) is 5.22 Å². The molecule has 6 heteroatoms. The van der Waals surface area contributed by atoms with Gasteiger partial charge in [0, 0.05) is 23.5 Å². The number of anilines is 2. The molecular weight excluding hydrogens is 274 g/mol. The van der Waals surface area contributed by atoms with Crippen molar-refractivity contribution < 1.29 is 9.21 Å². The molecule has 0 unspecified atom stereocenters. The SMILES string of the molecule is Cc1nc(SCCC(=O)Nc2ccc(N)cc2)oc1C. The second kappa shape index (κ2) is 6.47. The molecule has 0 fully saturated rings. The lowest BCUT2D eigenvalue weighted by Crippen LogP contribution is -2.12. The average molecular weight is 291 g/mol. The highest BCUT2D eigenvalue weighted by Crippen LogP contribution is 2.21. The lowest BCUT2D eigenvalue weighted by Gasteiger charge is -2.04. The number of thioether (sulfide) groups is 1. The van der Waals surface area contributed by atoms with Crippen LogP contribution in [-0.2, 0) is 4.79 Å². The van der Waals surface area contributed by atoms with Crippen molar-refractivity contribution in [3.63, 3.8) is 0 Å². The largest absolute Gasteiger partial charge is 0.437 e. The molecule has 106 valence electrons. The fourth-order valence-corrected chi connectivity index (χ4v) is 2.37. The molecular formula is C14H17N3O2S. The zero-order valence-corrected chi connectivity index (χ0v) is 12.3. The van der Waals surface area contributed by atoms with Gasteiger partial charge in [-0.05, 0) is 38.1 Å². The minimum Gasteiger partial charge on any atom is -0.437 e. The first-order valence-corrected chi connectivity index (χ1v) is 7.25. The smallest absolute Gasteiger partial charge is 0.256 e. The van der Waals surface area contributed by atoms with E-state index in [-0.39, 0.29) is 5.91 Å². The Bertz CT molecular complexity index is 573. The number of nitrogens with one attached hydrogen (secondary N) is 1. The highest BCUT2D eigenvalue weighted by atomic mass is 32.2. The summed E-state index contributed by atoms with van der Waals surface area (Å²) in [5, 5.41) is 3.42. The first-order valence-electron chi connectivity index (χ1n) is 6.27. The minimum atomic E-state index is -0.0396. The van der Waals surface area contributed by atoms with E-state index in [2.05, 4.69) is 10.3 Å². The number of carbonyl (C=O) groups is 1. The Hall–Kier alpha value is -1.95. The summed E-state index contributed by atoms with van der Waals surface area (Å²) in [5.74, 6) is 1.40. The lowest BCUT2D eigenvalue weighted by molar-refractivity contribution is -0.115. The summed E-state index contributed by atoms with van der Waals surface area (Å²) in [4.78, 5) is 16.0. The van der Waals surface area contributed by atoms with E-state index in [1.165, 1.54) is 11.8 Å². The predicted molar refractivity (Wildman–Crippen MR) is 80.8 cm³/mol. The quantitative estimate of drug-likeness (QED) is 0.654. The normalized spacial score (nSPS) is 10.5. The van der Waals surface area contributed by atoms with Crippen LogP contribution in [0.3, 0.4) is 0 Å². The maximum atomic E-state index is 11.8. The number of rotatable bonds is 5. The van der Waals surface area contributed by atoms with Gasteiger partial charge in [-0.25, -0.2) is 4.98 Å². The fourth-order valence-electron chi connectivity index (χ4n) is 1.53. The molecule has 2 aromatic rings. The number of oxazole rings is 1. The molecule has 0 bridgehead atoms. The maximum absolute atomic E-state index is 11.8. The van der Waals surface area contributed by atoms with Gasteiger partial charge in [0.2, 0.25) is 5.91 Å². The van der Waals surface area contributed by atoms with E-state index in [4.69, 9.17) is 10.2 Å². The van der Waals surface area contributed by atoms with Gasteiger partial charge in [-0.15, -0.1) is 0 Å². The van der Waals surface area contributed by atoms with E-state index in [0.717, 1.165) is 17.1 Å². The van der Waals surface area contributed by atoms with Crippen LogP contribution in [0.2, 0.25) is 0 Å². The molecule has 0 aliphatic heterocycles. The second-order valence-electron chi connectivity index (χ2n) is 4.39. The number of aromatic nitrogens is 1. The number of hydrogen-bond acceptors (Lipinski definition) is 5. The summed E-state index contributed by atoms with van der Waals surface area (Å²) in [7, 11) is 0. The standard InChI is InChI=1S/C14H17N3O2S/c1-9-10(2)19-14(16-9)20-8-7-13(18)17-12-5-3-11(15)4-6-12/h3-6H,7-8,15H2,1-2H3,(H,17,18). The van der Waals surface area contributed by atoms with Crippen LogP contribution in [0.15, 0.2) is 33.9 Å². The van der Waals surface area contributed by atoms with Gasteiger partial charge in [-0.1, -0.05) is 11.8 Å². The van der Waals surface area contributed by atoms with Gasteiger partial charge in [-0.2, -0.15) is 0 Å². The van der Waals surface area contributed by atoms with Crippen LogP contribution in [0, 0.1) is 13.8 Å². The van der Waals surface area contributed by atoms with E-state index in [0.29, 0.717) is 23.1 Å². The van der Waals surface area contributed by atoms with E-state index in [1.807, 2.05) is 13.8 Å². The summed E-state index contributed by atoms with van der Waals surface area (Å²) in [6.45, 7) is 3.77. The zero-order chi connectivity index (χ0) is 14.5. The van der Waals surface area contributed by atoms with Gasteiger partial charge in [0.05, 0.1) is 5.69 Å². The molecule has 0 spiro atoms. The number of nitrogens with zero attached hydrogens (tertiary/aromatic N) is 1. The Morgan fingerprint density at radius 3 is 2.65 bits per heavy atom. The van der Waals surface area contributed by atoms with Crippen LogP contribution < -0.4 is 11.1 Å². The van der Waals surface area contributed by atoms with Crippen molar-refractivity contribution in [1.82, 2.24) is 4.98 Å². The first kappa shape index (κ1) is 14.5. The Morgan fingerprint density at radius 1 is 1.35 bits per heavy atom. The first-order chi connectivity index (χ1) is 9.54. The summed E-state index contributed by atoms with van der Waals surface area (Å²) in [5.41, 5.74) is 7.89. The van der Waals surface area contributed by atoms with Gasteiger partial charge in [-0.3, -0.25) is 4.79 Å². The van der Waals surface area contributed by atoms with Crippen molar-refractivity contribution in [2.45, 2.75) is 25.5 Å². The molecule has 0 aliphatic rings. The number of amides is 1. The molecule has 1 amide bonds. The van der Waals surface area contributed by atoms with E-state index in [1.54, 1.807) is 24.3 Å². The minimum absolute atomic E-state index is 0.0396. The molecule has 0 saturated heterocycles. The van der Waals surface area contributed by atoms with Crippen molar-refractivity contribution >= 4 is 29.0 Å². The van der Waals surface area contributed by atoms with E-state index in [9.17, 15) is 4.79 Å². The van der Waals surface area contributed by atoms with E-state index >= 15 is 0 Å². The Morgan fingerprint density at radius 2 is 2.05 bits per heavy atom. The summed E-state index contributed by atoms with van der Waals surface area (Å²) in [6, 6.07) is 7.06. The average Bonchev–Trinajstić information content (AvgIpc) is 2.71. The fraction of sp³-hybridized carbons (Fsp3) is 0.286. The second-order valence-corrected chi connectivity index (χ2v) is 5.44. The van der Waals surface area contributed by atoms with Gasteiger partial charge >= 0.3 is 0 Å². The van der Waals surface area contributed by atoms with Crippen LogP contribution in [0.4, 0.5) is 11.4 Å². The third-order valence-electron chi connectivity index (χ3n) is 2.76. The van der Waals surface area contributed by atoms with Gasteiger partial charge in [0.1, 0.15) is 5.76 Å². The van der Waals surface area contributed by atoms with Gasteiger partial charge < -0.3 is 15.5 Å². The van der Waals surface area contributed by atoms with Crippen molar-refractivity contribution in [3.8, 4) is 0 Å². The molecule has 0 radical (unpaired) electrons. The lowest BCUT2D eigenvalue weighted by atomic mass is 10.3. The number of benzene rings is 1. The maximum Gasteiger partial charge on any atom is 0.256 e. The molecule has 1 aromatic carbocycles. The van der Waals surface area contributed by atoms with E-state index < -0.39 is 0 Å². The molecule has 1 aromatic heterocycles. The molecule has 0 aliphatic carbocycles. The highest BCUT2D eigenvalue weighted by molar-refractivity contribution is 7.99. The molecule has 1 heterocycles. The number of nitrogen functional groups attached to an aromatic ring is 1. The third-order valence-corrected chi connectivity index (χ3v) is 3.59. The Kier molecular flexibility index (Phi) is 4.68. The van der Waals surface area contributed by atoms with Crippen LogP contribution in [0.1, 0.15) is 17.9 Å². The van der Waals surface area contributed by atoms with Gasteiger partial charge in [0.15, 0.2) is 0 Å². The van der Waals surface area contributed by atoms with Crippen molar-refractivity contribution in [1.29, 1.82) is 0 Å². The third kappa shape index (κ3) is 4.03. The zero-order valence-electron chi connectivity index (χ0n) is 11.5. The highest BCUT2D eigenvalue weighted by Gasteiger charge is 2.08. The summed E-state index contributed by atoms with van der Waals surface area (Å²) >= 11 is 1.44. The van der Waals surface area contributed by atoms with Crippen molar-refractivity contribution in [3.05, 3.63) is 35.7 Å². The number of nitrogens with two attached hydrogens (primary N) is 1. The van der Waals surface area contributed by atoms with Crippen LogP contribution in [0.25, 0.3) is 0 Å². The van der Waals surface area contributed by atoms with Crippen LogP contribution in [-0.4, -0.2) is 16.6 Å². The molecule has 0 atom stereocenters. The van der Waals surface area contributed by atoms with Crippen molar-refractivity contribution in [2.24, 2.45) is 0 Å².